The molecular formula is C26H24N4O3. The highest BCUT2D eigenvalue weighted by atomic mass is 16.2. The Morgan fingerprint density at radius 3 is 2.36 bits per heavy atom. The molecule has 1 unspecified atom stereocenters. The van der Waals surface area contributed by atoms with Crippen LogP contribution in [-0.4, -0.2) is 33.7 Å². The van der Waals surface area contributed by atoms with E-state index < -0.39 is 17.5 Å². The molecule has 0 saturated carbocycles. The Kier molecular flexibility index (Phi) is 5.38. The topological polar surface area (TPSA) is 95.2 Å². The highest BCUT2D eigenvalue weighted by molar-refractivity contribution is 6.11. The summed E-state index contributed by atoms with van der Waals surface area (Å²) in [4.78, 5) is 40.0. The van der Waals surface area contributed by atoms with Gasteiger partial charge in [0.1, 0.15) is 5.54 Å². The highest BCUT2D eigenvalue weighted by Crippen LogP contribution is 2.30. The van der Waals surface area contributed by atoms with Gasteiger partial charge in [-0.1, -0.05) is 30.3 Å². The molecule has 4 rings (SSSR count). The molecule has 1 aromatic heterocycles. The zero-order chi connectivity index (χ0) is 23.9. The van der Waals surface area contributed by atoms with Gasteiger partial charge in [0.25, 0.3) is 5.91 Å². The number of rotatable bonds is 5. The van der Waals surface area contributed by atoms with E-state index in [9.17, 15) is 14.4 Å². The number of carbonyl (C=O) groups excluding carboxylic acids is 3. The monoisotopic (exact) mass is 440 g/mol. The van der Waals surface area contributed by atoms with Gasteiger partial charge in [-0.2, -0.15) is 5.26 Å². The number of hydrogen-bond acceptors (Lipinski definition) is 4. The van der Waals surface area contributed by atoms with Crippen LogP contribution >= 0.6 is 0 Å². The van der Waals surface area contributed by atoms with Gasteiger partial charge >= 0.3 is 6.03 Å². The van der Waals surface area contributed by atoms with Crippen molar-refractivity contribution in [2.75, 3.05) is 6.54 Å². The Balaban J connectivity index is 1.61. The molecule has 166 valence electrons. The van der Waals surface area contributed by atoms with Crippen molar-refractivity contribution < 1.29 is 14.4 Å². The van der Waals surface area contributed by atoms with Crippen LogP contribution in [0.5, 0.6) is 0 Å². The molecule has 33 heavy (non-hydrogen) atoms. The van der Waals surface area contributed by atoms with Crippen LogP contribution in [0.2, 0.25) is 0 Å². The van der Waals surface area contributed by atoms with Gasteiger partial charge in [0.2, 0.25) is 0 Å². The quantitative estimate of drug-likeness (QED) is 0.480. The molecule has 3 aromatic rings. The molecule has 1 N–H and O–H groups in total. The Morgan fingerprint density at radius 1 is 1.06 bits per heavy atom. The van der Waals surface area contributed by atoms with E-state index in [1.165, 1.54) is 0 Å². The van der Waals surface area contributed by atoms with E-state index in [4.69, 9.17) is 5.26 Å². The van der Waals surface area contributed by atoms with Crippen LogP contribution < -0.4 is 5.32 Å². The minimum absolute atomic E-state index is 0.310. The van der Waals surface area contributed by atoms with Crippen molar-refractivity contribution in [3.8, 4) is 11.8 Å². The molecule has 1 saturated heterocycles. The summed E-state index contributed by atoms with van der Waals surface area (Å²) in [6, 6.07) is 17.6. The van der Waals surface area contributed by atoms with E-state index in [2.05, 4.69) is 5.32 Å². The van der Waals surface area contributed by atoms with Crippen LogP contribution in [0.3, 0.4) is 0 Å². The number of para-hydroxylation sites is 1. The average molecular weight is 441 g/mol. The predicted molar refractivity (Wildman–Crippen MR) is 123 cm³/mol. The second-order valence-corrected chi connectivity index (χ2v) is 8.47. The number of carbonyl (C=O) groups is 3. The third-order valence-electron chi connectivity index (χ3n) is 6.26. The normalized spacial score (nSPS) is 17.7. The van der Waals surface area contributed by atoms with Gasteiger partial charge in [-0.05, 0) is 63.1 Å². The molecular weight excluding hydrogens is 416 g/mol. The highest BCUT2D eigenvalue weighted by Gasteiger charge is 2.49. The fourth-order valence-electron chi connectivity index (χ4n) is 4.37. The van der Waals surface area contributed by atoms with E-state index >= 15 is 0 Å². The number of nitrogens with one attached hydrogen (secondary N) is 1. The van der Waals surface area contributed by atoms with Crippen LogP contribution in [-0.2, 0) is 10.3 Å². The smallest absolute Gasteiger partial charge is 0.319 e. The first kappa shape index (κ1) is 22.0. The minimum atomic E-state index is -1.30. The number of hydrogen-bond donors (Lipinski definition) is 1. The van der Waals surface area contributed by atoms with Gasteiger partial charge in [-0.3, -0.25) is 14.5 Å². The number of nitriles is 1. The molecule has 1 atom stereocenters. The molecule has 0 aliphatic carbocycles. The fraction of sp³-hybridized carbons (Fsp3) is 0.231. The van der Waals surface area contributed by atoms with Gasteiger partial charge in [0.05, 0.1) is 18.2 Å². The van der Waals surface area contributed by atoms with E-state index in [0.717, 1.165) is 27.5 Å². The van der Waals surface area contributed by atoms with Crippen molar-refractivity contribution in [1.29, 1.82) is 5.26 Å². The second-order valence-electron chi connectivity index (χ2n) is 8.47. The van der Waals surface area contributed by atoms with E-state index in [0.29, 0.717) is 16.7 Å². The van der Waals surface area contributed by atoms with Crippen LogP contribution in [0.15, 0.2) is 54.6 Å². The molecule has 1 fully saturated rings. The lowest BCUT2D eigenvalue weighted by atomic mass is 9.91. The molecule has 0 bridgehead atoms. The third kappa shape index (κ3) is 3.60. The van der Waals surface area contributed by atoms with Crippen LogP contribution in [0.1, 0.15) is 45.4 Å². The SMILES string of the molecule is Cc1ccccc1-n1c(C)cc(C(=O)CN2C(=O)NC(C)(c3ccc(C#N)cc3)C2=O)c1C. The zero-order valence-electron chi connectivity index (χ0n) is 19.0. The molecule has 0 radical (unpaired) electrons. The number of imide groups is 1. The van der Waals surface area contributed by atoms with E-state index in [-0.39, 0.29) is 12.3 Å². The van der Waals surface area contributed by atoms with E-state index in [1.807, 2.05) is 55.7 Å². The maximum absolute atomic E-state index is 13.2. The second kappa shape index (κ2) is 8.06. The third-order valence-corrected chi connectivity index (χ3v) is 6.26. The molecule has 2 aromatic carbocycles. The number of ketones is 1. The number of benzene rings is 2. The Morgan fingerprint density at radius 2 is 1.73 bits per heavy atom. The number of aryl methyl sites for hydroxylation is 2. The van der Waals surface area contributed by atoms with Crippen molar-refractivity contribution >= 4 is 17.7 Å². The van der Waals surface area contributed by atoms with E-state index in [1.54, 1.807) is 37.3 Å². The molecule has 1 aliphatic heterocycles. The van der Waals surface area contributed by atoms with Crippen molar-refractivity contribution in [3.05, 3.63) is 88.2 Å². The summed E-state index contributed by atoms with van der Waals surface area (Å²) in [5, 5.41) is 11.7. The molecule has 7 nitrogen and oxygen atoms in total. The number of Topliss-reactive ketones (excluding diaryl/α,β-unsaturated/α-hetero) is 1. The van der Waals surface area contributed by atoms with Gasteiger partial charge < -0.3 is 9.88 Å². The number of nitrogens with zero attached hydrogens (tertiary/aromatic N) is 3. The molecule has 2 heterocycles. The lowest BCUT2D eigenvalue weighted by molar-refractivity contribution is -0.130. The van der Waals surface area contributed by atoms with Crippen molar-refractivity contribution in [2.24, 2.45) is 0 Å². The fourth-order valence-corrected chi connectivity index (χ4v) is 4.37. The lowest BCUT2D eigenvalue weighted by Crippen LogP contribution is -2.41. The standard InChI is InChI=1S/C26H24N4O3/c1-16-7-5-6-8-22(16)30-17(2)13-21(18(30)3)23(31)15-29-24(32)26(4,28-25(29)33)20-11-9-19(14-27)10-12-20/h5-13H,15H2,1-4H3,(H,28,33). The van der Waals surface area contributed by atoms with Crippen LogP contribution in [0.25, 0.3) is 5.69 Å². The largest absolute Gasteiger partial charge is 0.325 e. The van der Waals surface area contributed by atoms with Gasteiger partial charge in [0.15, 0.2) is 5.78 Å². The first-order chi connectivity index (χ1) is 15.7. The van der Waals surface area contributed by atoms with Gasteiger partial charge in [-0.15, -0.1) is 0 Å². The Labute approximate surface area is 192 Å². The average Bonchev–Trinajstić information content (AvgIpc) is 3.21. The van der Waals surface area contributed by atoms with Crippen molar-refractivity contribution in [3.63, 3.8) is 0 Å². The number of urea groups is 1. The molecule has 7 heteroatoms. The maximum Gasteiger partial charge on any atom is 0.325 e. The van der Waals surface area contributed by atoms with Crippen LogP contribution in [0, 0.1) is 32.1 Å². The molecule has 0 spiro atoms. The van der Waals surface area contributed by atoms with Crippen molar-refractivity contribution in [2.45, 2.75) is 33.2 Å². The summed E-state index contributed by atoms with van der Waals surface area (Å²) < 4.78 is 2.01. The zero-order valence-corrected chi connectivity index (χ0v) is 19.0. The first-order valence-electron chi connectivity index (χ1n) is 10.6. The van der Waals surface area contributed by atoms with Gasteiger partial charge in [-0.25, -0.2) is 4.79 Å². The summed E-state index contributed by atoms with van der Waals surface area (Å²) in [6.07, 6.45) is 0. The predicted octanol–water partition coefficient (Wildman–Crippen LogP) is 3.92. The minimum Gasteiger partial charge on any atom is -0.319 e. The van der Waals surface area contributed by atoms with Gasteiger partial charge in [0, 0.05) is 22.6 Å². The maximum atomic E-state index is 13.2. The Bertz CT molecular complexity index is 1330. The van der Waals surface area contributed by atoms with Crippen molar-refractivity contribution in [1.82, 2.24) is 14.8 Å². The summed E-state index contributed by atoms with van der Waals surface area (Å²) in [7, 11) is 0. The molecule has 1 aliphatic rings. The number of amides is 3. The number of aromatic nitrogens is 1. The summed E-state index contributed by atoms with van der Waals surface area (Å²) >= 11 is 0. The Hall–Kier alpha value is -4.18. The summed E-state index contributed by atoms with van der Waals surface area (Å²) in [5.74, 6) is -0.811. The first-order valence-corrected chi connectivity index (χ1v) is 10.6. The lowest BCUT2D eigenvalue weighted by Gasteiger charge is -2.22. The summed E-state index contributed by atoms with van der Waals surface area (Å²) in [6.45, 7) is 7.04. The van der Waals surface area contributed by atoms with Crippen LogP contribution in [0.4, 0.5) is 4.79 Å². The summed E-state index contributed by atoms with van der Waals surface area (Å²) in [5.41, 5.74) is 3.88. The molecule has 3 amide bonds.